The Labute approximate surface area is 203 Å². The predicted molar refractivity (Wildman–Crippen MR) is 133 cm³/mol. The highest BCUT2D eigenvalue weighted by atomic mass is 79.9. The van der Waals surface area contributed by atoms with Crippen molar-refractivity contribution in [1.29, 1.82) is 0 Å². The lowest BCUT2D eigenvalue weighted by molar-refractivity contribution is 0.0697. The van der Waals surface area contributed by atoms with Gasteiger partial charge in [-0.1, -0.05) is 69.5 Å². The second kappa shape index (κ2) is 9.74. The van der Waals surface area contributed by atoms with Crippen LogP contribution in [0.1, 0.15) is 27.3 Å². The molecule has 0 atom stereocenters. The van der Waals surface area contributed by atoms with Crippen LogP contribution in [0.15, 0.2) is 77.4 Å². The number of carbonyl (C=O) groups is 1. The zero-order valence-corrected chi connectivity index (χ0v) is 19.8. The van der Waals surface area contributed by atoms with Gasteiger partial charge in [-0.15, -0.1) is 0 Å². The SMILES string of the molecule is O=C(O)c1ccc(Cn2cc(-c3ccc(Cl)cc3Cl)nc2/C=C/c2ccc(Br)cc2)cc1. The number of nitrogens with zero attached hydrogens (tertiary/aromatic N) is 2. The molecule has 0 radical (unpaired) electrons. The fraction of sp³-hybridized carbons (Fsp3) is 0.0400. The van der Waals surface area contributed by atoms with Gasteiger partial charge >= 0.3 is 5.97 Å². The molecular weight excluding hydrogens is 511 g/mol. The maximum absolute atomic E-state index is 11.1. The molecule has 4 aromatic rings. The number of rotatable bonds is 6. The number of carboxylic acids is 1. The lowest BCUT2D eigenvalue weighted by atomic mass is 10.1. The van der Waals surface area contributed by atoms with Crippen molar-refractivity contribution in [2.45, 2.75) is 6.54 Å². The van der Waals surface area contributed by atoms with Crippen LogP contribution in [0.3, 0.4) is 0 Å². The largest absolute Gasteiger partial charge is 0.478 e. The molecule has 4 rings (SSSR count). The van der Waals surface area contributed by atoms with Crippen molar-refractivity contribution in [3.8, 4) is 11.3 Å². The molecule has 3 aromatic carbocycles. The van der Waals surface area contributed by atoms with Crippen LogP contribution in [0.25, 0.3) is 23.4 Å². The molecule has 4 nitrogen and oxygen atoms in total. The number of halogens is 3. The molecule has 0 bridgehead atoms. The summed E-state index contributed by atoms with van der Waals surface area (Å²) in [6.07, 6.45) is 5.87. The summed E-state index contributed by atoms with van der Waals surface area (Å²) in [5.41, 5.74) is 3.76. The van der Waals surface area contributed by atoms with E-state index in [1.54, 1.807) is 36.4 Å². The summed E-state index contributed by atoms with van der Waals surface area (Å²) in [4.78, 5) is 15.9. The monoisotopic (exact) mass is 526 g/mol. The molecule has 0 aliphatic rings. The minimum absolute atomic E-state index is 0.253. The molecule has 0 saturated carbocycles. The molecule has 1 heterocycles. The van der Waals surface area contributed by atoms with Crippen LogP contribution < -0.4 is 0 Å². The number of carboxylic acid groups (broad SMARTS) is 1. The van der Waals surface area contributed by atoms with Gasteiger partial charge < -0.3 is 9.67 Å². The summed E-state index contributed by atoms with van der Waals surface area (Å²) in [6, 6.07) is 20.1. The fourth-order valence-corrected chi connectivity index (χ4v) is 3.98. The van der Waals surface area contributed by atoms with E-state index in [1.807, 2.05) is 53.2 Å². The molecule has 7 heteroatoms. The molecule has 160 valence electrons. The highest BCUT2D eigenvalue weighted by Gasteiger charge is 2.12. The van der Waals surface area contributed by atoms with Crippen molar-refractivity contribution in [2.24, 2.45) is 0 Å². The van der Waals surface area contributed by atoms with Crippen molar-refractivity contribution in [1.82, 2.24) is 9.55 Å². The highest BCUT2D eigenvalue weighted by molar-refractivity contribution is 9.10. The van der Waals surface area contributed by atoms with E-state index in [-0.39, 0.29) is 5.56 Å². The van der Waals surface area contributed by atoms with Crippen molar-refractivity contribution in [3.63, 3.8) is 0 Å². The Kier molecular flexibility index (Phi) is 6.80. The number of aromatic carboxylic acids is 1. The summed E-state index contributed by atoms with van der Waals surface area (Å²) in [5, 5.41) is 10.2. The number of aromatic nitrogens is 2. The summed E-state index contributed by atoms with van der Waals surface area (Å²) >= 11 is 15.9. The molecule has 1 N–H and O–H groups in total. The van der Waals surface area contributed by atoms with Gasteiger partial charge in [0.2, 0.25) is 0 Å². The molecule has 0 unspecified atom stereocenters. The topological polar surface area (TPSA) is 55.1 Å². The van der Waals surface area contributed by atoms with Crippen LogP contribution in [0.4, 0.5) is 0 Å². The first-order chi connectivity index (χ1) is 15.4. The van der Waals surface area contributed by atoms with Gasteiger partial charge in [-0.2, -0.15) is 0 Å². The van der Waals surface area contributed by atoms with Crippen LogP contribution in [0, 0.1) is 0 Å². The van der Waals surface area contributed by atoms with Gasteiger partial charge in [0.05, 0.1) is 16.3 Å². The van der Waals surface area contributed by atoms with E-state index in [9.17, 15) is 4.79 Å². The van der Waals surface area contributed by atoms with E-state index in [1.165, 1.54) is 0 Å². The molecule has 0 amide bonds. The van der Waals surface area contributed by atoms with Crippen LogP contribution in [-0.2, 0) is 6.54 Å². The van der Waals surface area contributed by atoms with E-state index >= 15 is 0 Å². The molecule has 32 heavy (non-hydrogen) atoms. The molecule has 0 aliphatic heterocycles. The lowest BCUT2D eigenvalue weighted by Crippen LogP contribution is -2.02. The van der Waals surface area contributed by atoms with E-state index in [4.69, 9.17) is 33.3 Å². The second-order valence-electron chi connectivity index (χ2n) is 7.12. The average molecular weight is 528 g/mol. The minimum atomic E-state index is -0.947. The summed E-state index contributed by atoms with van der Waals surface area (Å²) in [6.45, 7) is 0.526. The average Bonchev–Trinajstić information content (AvgIpc) is 3.16. The third-order valence-electron chi connectivity index (χ3n) is 4.86. The molecule has 0 spiro atoms. The van der Waals surface area contributed by atoms with Gasteiger partial charge in [-0.25, -0.2) is 9.78 Å². The van der Waals surface area contributed by atoms with Gasteiger partial charge in [0.15, 0.2) is 0 Å². The first-order valence-corrected chi connectivity index (χ1v) is 11.2. The Morgan fingerprint density at radius 3 is 2.38 bits per heavy atom. The third-order valence-corrected chi connectivity index (χ3v) is 5.94. The smallest absolute Gasteiger partial charge is 0.335 e. The van der Waals surface area contributed by atoms with Gasteiger partial charge in [-0.05, 0) is 59.7 Å². The highest BCUT2D eigenvalue weighted by Crippen LogP contribution is 2.30. The Morgan fingerprint density at radius 2 is 1.72 bits per heavy atom. The van der Waals surface area contributed by atoms with Gasteiger partial charge in [-0.3, -0.25) is 0 Å². The maximum Gasteiger partial charge on any atom is 0.335 e. The van der Waals surface area contributed by atoms with Crippen LogP contribution in [0.5, 0.6) is 0 Å². The molecule has 0 fully saturated rings. The predicted octanol–water partition coefficient (Wildman–Crippen LogP) is 7.54. The normalized spacial score (nSPS) is 11.2. The molecule has 0 aliphatic carbocycles. The number of benzene rings is 3. The minimum Gasteiger partial charge on any atom is -0.478 e. The zero-order valence-electron chi connectivity index (χ0n) is 16.7. The first-order valence-electron chi connectivity index (χ1n) is 9.67. The third kappa shape index (κ3) is 5.30. The van der Waals surface area contributed by atoms with E-state index in [0.717, 1.165) is 32.7 Å². The lowest BCUT2D eigenvalue weighted by Gasteiger charge is -2.06. The van der Waals surface area contributed by atoms with Crippen molar-refractivity contribution >= 4 is 57.3 Å². The summed E-state index contributed by atoms with van der Waals surface area (Å²) in [5.74, 6) is -0.201. The number of hydrogen-bond donors (Lipinski definition) is 1. The quantitative estimate of drug-likeness (QED) is 0.282. The van der Waals surface area contributed by atoms with E-state index in [0.29, 0.717) is 16.6 Å². The number of hydrogen-bond acceptors (Lipinski definition) is 2. The van der Waals surface area contributed by atoms with Crippen molar-refractivity contribution in [3.05, 3.63) is 110 Å². The van der Waals surface area contributed by atoms with Crippen LogP contribution in [0.2, 0.25) is 10.0 Å². The molecular formula is C25H17BrCl2N2O2. The van der Waals surface area contributed by atoms with E-state index in [2.05, 4.69) is 15.9 Å². The number of imidazole rings is 1. The van der Waals surface area contributed by atoms with Gasteiger partial charge in [0.1, 0.15) is 5.82 Å². The molecule has 1 aromatic heterocycles. The summed E-state index contributed by atoms with van der Waals surface area (Å²) < 4.78 is 3.02. The van der Waals surface area contributed by atoms with Gasteiger partial charge in [0, 0.05) is 27.8 Å². The zero-order chi connectivity index (χ0) is 22.7. The van der Waals surface area contributed by atoms with Gasteiger partial charge in [0.25, 0.3) is 0 Å². The van der Waals surface area contributed by atoms with E-state index < -0.39 is 5.97 Å². The Balaban J connectivity index is 1.71. The Bertz CT molecular complexity index is 1300. The molecule has 0 saturated heterocycles. The fourth-order valence-electron chi connectivity index (χ4n) is 3.21. The van der Waals surface area contributed by atoms with Crippen molar-refractivity contribution in [2.75, 3.05) is 0 Å². The standard InChI is InChI=1S/C25H17BrCl2N2O2/c26-19-8-3-16(4-9-19)5-12-24-29-23(21-11-10-20(27)13-22(21)28)15-30(24)14-17-1-6-18(7-2-17)25(31)32/h1-13,15H,14H2,(H,31,32)/b12-5+. The van der Waals surface area contributed by atoms with Crippen molar-refractivity contribution < 1.29 is 9.90 Å². The first kappa shape index (κ1) is 22.3. The maximum atomic E-state index is 11.1. The Morgan fingerprint density at radius 1 is 1.00 bits per heavy atom. The van der Waals surface area contributed by atoms with Crippen LogP contribution >= 0.6 is 39.1 Å². The second-order valence-corrected chi connectivity index (χ2v) is 8.88. The Hall–Kier alpha value is -2.86. The van der Waals surface area contributed by atoms with Crippen LogP contribution in [-0.4, -0.2) is 20.6 Å². The summed E-state index contributed by atoms with van der Waals surface area (Å²) in [7, 11) is 0.